The number of hydrogen-bond acceptors (Lipinski definition) is 5. The van der Waals surface area contributed by atoms with Crippen molar-refractivity contribution in [2.75, 3.05) is 53.2 Å². The van der Waals surface area contributed by atoms with Gasteiger partial charge in [-0.15, -0.1) is 0 Å². The molecule has 2 atom stereocenters. The van der Waals surface area contributed by atoms with Gasteiger partial charge in [-0.25, -0.2) is 0 Å². The van der Waals surface area contributed by atoms with Crippen molar-refractivity contribution >= 4 is 5.91 Å². The summed E-state index contributed by atoms with van der Waals surface area (Å²) in [5.41, 5.74) is 0. The highest BCUT2D eigenvalue weighted by molar-refractivity contribution is 5.77. The third-order valence-electron chi connectivity index (χ3n) is 3.92. The van der Waals surface area contributed by atoms with Crippen LogP contribution in [0.2, 0.25) is 0 Å². The van der Waals surface area contributed by atoms with Gasteiger partial charge in [-0.2, -0.15) is 0 Å². The first-order chi connectivity index (χ1) is 9.81. The second-order valence-electron chi connectivity index (χ2n) is 5.42. The van der Waals surface area contributed by atoms with E-state index in [1.165, 1.54) is 19.3 Å². The number of amides is 1. The van der Waals surface area contributed by atoms with Crippen LogP contribution in [0.1, 0.15) is 19.3 Å². The third kappa shape index (κ3) is 4.70. The summed E-state index contributed by atoms with van der Waals surface area (Å²) < 4.78 is 15.7. The molecule has 0 aromatic rings. The van der Waals surface area contributed by atoms with E-state index in [4.69, 9.17) is 14.2 Å². The van der Waals surface area contributed by atoms with E-state index in [1.807, 2.05) is 0 Å². The molecule has 2 rings (SSSR count). The lowest BCUT2D eigenvalue weighted by Gasteiger charge is -2.34. The molecule has 0 bridgehead atoms. The predicted octanol–water partition coefficient (Wildman–Crippen LogP) is 0.0189. The molecule has 0 aliphatic carbocycles. The third-order valence-corrected chi connectivity index (χ3v) is 3.92. The molecular formula is C14H26N2O4. The highest BCUT2D eigenvalue weighted by Crippen LogP contribution is 2.18. The molecule has 20 heavy (non-hydrogen) atoms. The van der Waals surface area contributed by atoms with Crippen LogP contribution < -0.4 is 5.32 Å². The zero-order valence-corrected chi connectivity index (χ0v) is 12.3. The van der Waals surface area contributed by atoms with E-state index < -0.39 is 0 Å². The molecule has 0 aromatic carbocycles. The minimum atomic E-state index is -0.0707. The molecule has 2 fully saturated rings. The van der Waals surface area contributed by atoms with Crippen molar-refractivity contribution in [3.63, 3.8) is 0 Å². The Hall–Kier alpha value is -0.690. The van der Waals surface area contributed by atoms with Crippen LogP contribution in [0, 0.1) is 0 Å². The summed E-state index contributed by atoms with van der Waals surface area (Å²) in [5, 5.41) is 3.03. The number of hydrogen-bond donors (Lipinski definition) is 1. The monoisotopic (exact) mass is 286 g/mol. The average Bonchev–Trinajstić information content (AvgIpc) is 2.92. The standard InChI is InChI=1S/C14H26N2O4/c1-18-7-8-19-11-14(17)15-12-9-20-10-13(12)16-5-3-2-4-6-16/h12-13H,2-11H2,1H3,(H,15,17)/t12-,13-/m0/s1. The van der Waals surface area contributed by atoms with Crippen LogP contribution in [0.4, 0.5) is 0 Å². The highest BCUT2D eigenvalue weighted by atomic mass is 16.5. The van der Waals surface area contributed by atoms with Crippen LogP contribution in [0.15, 0.2) is 0 Å². The van der Waals surface area contributed by atoms with Crippen LogP contribution in [0.3, 0.4) is 0 Å². The van der Waals surface area contributed by atoms with Crippen molar-refractivity contribution in [2.24, 2.45) is 0 Å². The van der Waals surface area contributed by atoms with Crippen molar-refractivity contribution in [2.45, 2.75) is 31.3 Å². The van der Waals surface area contributed by atoms with Gasteiger partial charge >= 0.3 is 0 Å². The maximum absolute atomic E-state index is 11.8. The average molecular weight is 286 g/mol. The first-order valence-electron chi connectivity index (χ1n) is 7.49. The normalized spacial score (nSPS) is 27.6. The molecular weight excluding hydrogens is 260 g/mol. The molecule has 2 aliphatic heterocycles. The molecule has 0 saturated carbocycles. The molecule has 1 N–H and O–H groups in total. The Morgan fingerprint density at radius 2 is 2.05 bits per heavy atom. The number of carbonyl (C=O) groups excluding carboxylic acids is 1. The number of piperidine rings is 1. The number of methoxy groups -OCH3 is 1. The maximum Gasteiger partial charge on any atom is 0.246 e. The van der Waals surface area contributed by atoms with Crippen molar-refractivity contribution in [1.82, 2.24) is 10.2 Å². The molecule has 2 heterocycles. The Bertz CT molecular complexity index is 295. The molecule has 1 amide bonds. The number of carbonyl (C=O) groups is 1. The number of nitrogens with one attached hydrogen (secondary N) is 1. The Labute approximate surface area is 120 Å². The zero-order valence-electron chi connectivity index (χ0n) is 12.3. The van der Waals surface area contributed by atoms with Gasteiger partial charge in [-0.3, -0.25) is 9.69 Å². The maximum atomic E-state index is 11.8. The minimum absolute atomic E-state index is 0.0707. The summed E-state index contributed by atoms with van der Waals surface area (Å²) in [7, 11) is 1.61. The number of rotatable bonds is 7. The van der Waals surface area contributed by atoms with E-state index in [0.717, 1.165) is 19.7 Å². The van der Waals surface area contributed by atoms with Gasteiger partial charge in [0.1, 0.15) is 6.61 Å². The van der Waals surface area contributed by atoms with E-state index in [1.54, 1.807) is 7.11 Å². The van der Waals surface area contributed by atoms with Crippen LogP contribution in [-0.2, 0) is 19.0 Å². The predicted molar refractivity (Wildman–Crippen MR) is 74.7 cm³/mol. The quantitative estimate of drug-likeness (QED) is 0.669. The molecule has 6 heteroatoms. The van der Waals surface area contributed by atoms with Crippen molar-refractivity contribution in [3.8, 4) is 0 Å². The molecule has 6 nitrogen and oxygen atoms in total. The summed E-state index contributed by atoms with van der Waals surface area (Å²) in [6, 6.07) is 0.407. The zero-order chi connectivity index (χ0) is 14.2. The van der Waals surface area contributed by atoms with Gasteiger partial charge in [0, 0.05) is 7.11 Å². The Kier molecular flexibility index (Phi) is 6.72. The van der Waals surface area contributed by atoms with E-state index >= 15 is 0 Å². The highest BCUT2D eigenvalue weighted by Gasteiger charge is 2.34. The fourth-order valence-electron chi connectivity index (χ4n) is 2.85. The fourth-order valence-corrected chi connectivity index (χ4v) is 2.85. The Balaban J connectivity index is 1.71. The van der Waals surface area contributed by atoms with Crippen molar-refractivity contribution < 1.29 is 19.0 Å². The Morgan fingerprint density at radius 3 is 2.80 bits per heavy atom. The lowest BCUT2D eigenvalue weighted by Crippen LogP contribution is -2.53. The van der Waals surface area contributed by atoms with Gasteiger partial charge in [0.05, 0.1) is 38.5 Å². The van der Waals surface area contributed by atoms with Gasteiger partial charge in [-0.1, -0.05) is 6.42 Å². The van der Waals surface area contributed by atoms with Crippen molar-refractivity contribution in [3.05, 3.63) is 0 Å². The van der Waals surface area contributed by atoms with Gasteiger partial charge in [0.2, 0.25) is 5.91 Å². The van der Waals surface area contributed by atoms with Gasteiger partial charge < -0.3 is 19.5 Å². The molecule has 2 saturated heterocycles. The van der Waals surface area contributed by atoms with E-state index in [9.17, 15) is 4.79 Å². The largest absolute Gasteiger partial charge is 0.382 e. The summed E-state index contributed by atoms with van der Waals surface area (Å²) in [6.45, 7) is 4.60. The van der Waals surface area contributed by atoms with E-state index in [-0.39, 0.29) is 18.6 Å². The minimum Gasteiger partial charge on any atom is -0.382 e. The van der Waals surface area contributed by atoms with Gasteiger partial charge in [-0.05, 0) is 25.9 Å². The number of ether oxygens (including phenoxy) is 3. The van der Waals surface area contributed by atoms with Crippen LogP contribution in [-0.4, -0.2) is 76.1 Å². The van der Waals surface area contributed by atoms with Gasteiger partial charge in [0.25, 0.3) is 0 Å². The lowest BCUT2D eigenvalue weighted by atomic mass is 10.0. The van der Waals surface area contributed by atoms with E-state index in [0.29, 0.717) is 25.9 Å². The molecule has 0 spiro atoms. The van der Waals surface area contributed by atoms with Crippen LogP contribution in [0.25, 0.3) is 0 Å². The first kappa shape index (κ1) is 15.7. The molecule has 116 valence electrons. The number of nitrogens with zero attached hydrogens (tertiary/aromatic N) is 1. The second kappa shape index (κ2) is 8.56. The summed E-state index contributed by atoms with van der Waals surface area (Å²) >= 11 is 0. The molecule has 2 aliphatic rings. The van der Waals surface area contributed by atoms with Crippen LogP contribution in [0.5, 0.6) is 0 Å². The van der Waals surface area contributed by atoms with E-state index in [2.05, 4.69) is 10.2 Å². The summed E-state index contributed by atoms with van der Waals surface area (Å²) in [5.74, 6) is -0.0707. The Morgan fingerprint density at radius 1 is 1.25 bits per heavy atom. The smallest absolute Gasteiger partial charge is 0.246 e. The topological polar surface area (TPSA) is 60.0 Å². The molecule has 0 unspecified atom stereocenters. The van der Waals surface area contributed by atoms with Crippen molar-refractivity contribution in [1.29, 1.82) is 0 Å². The molecule has 0 radical (unpaired) electrons. The summed E-state index contributed by atoms with van der Waals surface area (Å²) in [4.78, 5) is 14.3. The van der Waals surface area contributed by atoms with Gasteiger partial charge in [0.15, 0.2) is 0 Å². The fraction of sp³-hybridized carbons (Fsp3) is 0.929. The SMILES string of the molecule is COCCOCC(=O)N[C@H]1COC[C@@H]1N1CCCCC1. The lowest BCUT2D eigenvalue weighted by molar-refractivity contribution is -0.127. The number of likely N-dealkylation sites (tertiary alicyclic amines) is 1. The second-order valence-corrected chi connectivity index (χ2v) is 5.42. The summed E-state index contributed by atoms with van der Waals surface area (Å²) in [6.07, 6.45) is 3.81. The first-order valence-corrected chi connectivity index (χ1v) is 7.49. The molecule has 0 aromatic heterocycles. The van der Waals surface area contributed by atoms with Crippen LogP contribution >= 0.6 is 0 Å².